The van der Waals surface area contributed by atoms with Crippen LogP contribution in [0.4, 0.5) is 0 Å². The fraction of sp³-hybridized carbons (Fsp3) is 0.400. The van der Waals surface area contributed by atoms with Crippen molar-refractivity contribution in [2.45, 2.75) is 39.3 Å². The van der Waals surface area contributed by atoms with Crippen molar-refractivity contribution >= 4 is 29.7 Å². The van der Waals surface area contributed by atoms with E-state index < -0.39 is 0 Å². The lowest BCUT2D eigenvalue weighted by atomic mass is 10.1. The lowest BCUT2D eigenvalue weighted by Gasteiger charge is -2.15. The Morgan fingerprint density at radius 2 is 2.32 bits per heavy atom. The molecule has 2 N–H and O–H groups in total. The minimum Gasteiger partial charge on any atom is -0.348 e. The van der Waals surface area contributed by atoms with Crippen molar-refractivity contribution in [3.05, 3.63) is 45.4 Å². The number of amides is 1. The van der Waals surface area contributed by atoms with Gasteiger partial charge in [0.05, 0.1) is 6.04 Å². The van der Waals surface area contributed by atoms with Crippen LogP contribution in [-0.4, -0.2) is 20.7 Å². The third kappa shape index (κ3) is 4.18. The van der Waals surface area contributed by atoms with Crippen molar-refractivity contribution in [1.29, 1.82) is 0 Å². The topological polar surface area (TPSA) is 62.7 Å². The molecule has 2 aromatic rings. The third-order valence-corrected chi connectivity index (χ3v) is 3.89. The Morgan fingerprint density at radius 3 is 3.00 bits per heavy atom. The van der Waals surface area contributed by atoms with E-state index in [0.29, 0.717) is 9.79 Å². The SMILES string of the molecule is CCCc1n[nH]c(=S)n1CC(=O)NC(C)c1cccc(Cl)c1. The molecule has 5 nitrogen and oxygen atoms in total. The number of aromatic amines is 1. The van der Waals surface area contributed by atoms with Gasteiger partial charge < -0.3 is 5.32 Å². The quantitative estimate of drug-likeness (QED) is 0.793. The lowest BCUT2D eigenvalue weighted by molar-refractivity contribution is -0.122. The molecule has 0 radical (unpaired) electrons. The first-order valence-corrected chi connectivity index (χ1v) is 7.98. The largest absolute Gasteiger partial charge is 0.348 e. The van der Waals surface area contributed by atoms with E-state index in [2.05, 4.69) is 22.4 Å². The van der Waals surface area contributed by atoms with E-state index >= 15 is 0 Å². The zero-order valence-corrected chi connectivity index (χ0v) is 14.2. The minimum absolute atomic E-state index is 0.109. The number of hydrogen-bond acceptors (Lipinski definition) is 3. The van der Waals surface area contributed by atoms with Gasteiger partial charge in [-0.05, 0) is 43.3 Å². The second-order valence-electron chi connectivity index (χ2n) is 5.13. The number of aryl methyl sites for hydroxylation is 1. The standard InChI is InChI=1S/C15H19ClN4OS/c1-3-5-13-18-19-15(22)20(13)9-14(21)17-10(2)11-6-4-7-12(16)8-11/h4,6-8,10H,3,5,9H2,1-2H3,(H,17,21)(H,19,22). The summed E-state index contributed by atoms with van der Waals surface area (Å²) in [6.45, 7) is 4.14. The zero-order valence-electron chi connectivity index (χ0n) is 12.6. The van der Waals surface area contributed by atoms with Crippen LogP contribution >= 0.6 is 23.8 Å². The van der Waals surface area contributed by atoms with Gasteiger partial charge in [-0.2, -0.15) is 5.10 Å². The zero-order chi connectivity index (χ0) is 16.1. The first-order chi connectivity index (χ1) is 10.5. The number of carbonyl (C=O) groups excluding carboxylic acids is 1. The summed E-state index contributed by atoms with van der Waals surface area (Å²) in [6.07, 6.45) is 1.73. The van der Waals surface area contributed by atoms with E-state index in [-0.39, 0.29) is 18.5 Å². The van der Waals surface area contributed by atoms with E-state index in [1.165, 1.54) is 0 Å². The first-order valence-electron chi connectivity index (χ1n) is 7.20. The van der Waals surface area contributed by atoms with Crippen LogP contribution in [0, 0.1) is 4.77 Å². The molecule has 0 aliphatic heterocycles. The highest BCUT2D eigenvalue weighted by molar-refractivity contribution is 7.71. The molecule has 118 valence electrons. The molecule has 0 aliphatic rings. The number of nitrogens with one attached hydrogen (secondary N) is 2. The Morgan fingerprint density at radius 1 is 1.55 bits per heavy atom. The number of H-pyrrole nitrogens is 1. The fourth-order valence-electron chi connectivity index (χ4n) is 2.22. The lowest BCUT2D eigenvalue weighted by Crippen LogP contribution is -2.30. The van der Waals surface area contributed by atoms with E-state index in [0.717, 1.165) is 24.2 Å². The third-order valence-electron chi connectivity index (χ3n) is 3.34. The monoisotopic (exact) mass is 338 g/mol. The van der Waals surface area contributed by atoms with Gasteiger partial charge in [-0.15, -0.1) is 0 Å². The highest BCUT2D eigenvalue weighted by atomic mass is 35.5. The summed E-state index contributed by atoms with van der Waals surface area (Å²) in [5, 5.41) is 10.5. The maximum absolute atomic E-state index is 12.2. The Labute approximate surface area is 139 Å². The van der Waals surface area contributed by atoms with Gasteiger partial charge in [0, 0.05) is 11.4 Å². The van der Waals surface area contributed by atoms with Crippen molar-refractivity contribution in [2.24, 2.45) is 0 Å². The minimum atomic E-state index is -0.123. The van der Waals surface area contributed by atoms with Gasteiger partial charge in [0.2, 0.25) is 5.91 Å². The molecule has 1 amide bonds. The van der Waals surface area contributed by atoms with Crippen molar-refractivity contribution in [1.82, 2.24) is 20.1 Å². The maximum Gasteiger partial charge on any atom is 0.240 e. The summed E-state index contributed by atoms with van der Waals surface area (Å²) in [5.41, 5.74) is 0.963. The number of nitrogens with zero attached hydrogens (tertiary/aromatic N) is 2. The predicted molar refractivity (Wildman–Crippen MR) is 89.4 cm³/mol. The molecule has 7 heteroatoms. The molecule has 2 rings (SSSR count). The summed E-state index contributed by atoms with van der Waals surface area (Å²) >= 11 is 11.2. The number of benzene rings is 1. The Balaban J connectivity index is 2.04. The maximum atomic E-state index is 12.2. The van der Waals surface area contributed by atoms with E-state index in [1.54, 1.807) is 10.6 Å². The molecule has 1 heterocycles. The smallest absolute Gasteiger partial charge is 0.240 e. The highest BCUT2D eigenvalue weighted by Gasteiger charge is 2.13. The molecule has 0 saturated heterocycles. The van der Waals surface area contributed by atoms with Crippen LogP contribution in [0.25, 0.3) is 0 Å². The molecule has 1 atom stereocenters. The van der Waals surface area contributed by atoms with Crippen LogP contribution in [0.3, 0.4) is 0 Å². The van der Waals surface area contributed by atoms with Gasteiger partial charge in [0.1, 0.15) is 12.4 Å². The number of hydrogen-bond donors (Lipinski definition) is 2. The normalized spacial score (nSPS) is 12.1. The van der Waals surface area contributed by atoms with Crippen LogP contribution in [0.15, 0.2) is 24.3 Å². The molecule has 1 aromatic heterocycles. The molecular weight excluding hydrogens is 320 g/mol. The van der Waals surface area contributed by atoms with Gasteiger partial charge in [-0.1, -0.05) is 30.7 Å². The first kappa shape index (κ1) is 16.7. The molecule has 0 spiro atoms. The average molecular weight is 339 g/mol. The summed E-state index contributed by atoms with van der Waals surface area (Å²) in [7, 11) is 0. The Bertz CT molecular complexity index is 710. The van der Waals surface area contributed by atoms with Crippen LogP contribution in [0.5, 0.6) is 0 Å². The Kier molecular flexibility index (Phi) is 5.74. The summed E-state index contributed by atoms with van der Waals surface area (Å²) in [6, 6.07) is 7.33. The molecular formula is C15H19ClN4OS. The van der Waals surface area contributed by atoms with E-state index in [9.17, 15) is 4.79 Å². The highest BCUT2D eigenvalue weighted by Crippen LogP contribution is 2.17. The van der Waals surface area contributed by atoms with Crippen LogP contribution < -0.4 is 5.32 Å². The average Bonchev–Trinajstić information content (AvgIpc) is 2.80. The summed E-state index contributed by atoms with van der Waals surface area (Å²) in [4.78, 5) is 12.2. The predicted octanol–water partition coefficient (Wildman–Crippen LogP) is 3.42. The number of rotatable bonds is 6. The molecule has 0 aliphatic carbocycles. The number of aromatic nitrogens is 3. The van der Waals surface area contributed by atoms with Crippen molar-refractivity contribution in [3.63, 3.8) is 0 Å². The molecule has 1 unspecified atom stereocenters. The van der Waals surface area contributed by atoms with Gasteiger partial charge in [-0.25, -0.2) is 0 Å². The van der Waals surface area contributed by atoms with Crippen LogP contribution in [0.2, 0.25) is 5.02 Å². The van der Waals surface area contributed by atoms with Crippen molar-refractivity contribution < 1.29 is 4.79 Å². The van der Waals surface area contributed by atoms with Crippen molar-refractivity contribution in [2.75, 3.05) is 0 Å². The summed E-state index contributed by atoms with van der Waals surface area (Å²) in [5.74, 6) is 0.695. The molecule has 22 heavy (non-hydrogen) atoms. The molecule has 1 aromatic carbocycles. The second-order valence-corrected chi connectivity index (χ2v) is 5.95. The summed E-state index contributed by atoms with van der Waals surface area (Å²) < 4.78 is 2.20. The van der Waals surface area contributed by atoms with E-state index in [1.807, 2.05) is 25.1 Å². The second kappa shape index (κ2) is 7.56. The van der Waals surface area contributed by atoms with Gasteiger partial charge in [0.15, 0.2) is 4.77 Å². The van der Waals surface area contributed by atoms with Crippen LogP contribution in [0.1, 0.15) is 37.7 Å². The van der Waals surface area contributed by atoms with Gasteiger partial charge >= 0.3 is 0 Å². The molecule has 0 bridgehead atoms. The fourth-order valence-corrected chi connectivity index (χ4v) is 2.63. The number of halogens is 1. The van der Waals surface area contributed by atoms with Gasteiger partial charge in [-0.3, -0.25) is 14.5 Å². The van der Waals surface area contributed by atoms with E-state index in [4.69, 9.17) is 23.8 Å². The molecule has 0 fully saturated rings. The van der Waals surface area contributed by atoms with Gasteiger partial charge in [0.25, 0.3) is 0 Å². The Hall–Kier alpha value is -1.66. The number of carbonyl (C=O) groups is 1. The van der Waals surface area contributed by atoms with Crippen molar-refractivity contribution in [3.8, 4) is 0 Å². The molecule has 0 saturated carbocycles. The van der Waals surface area contributed by atoms with Crippen LogP contribution in [-0.2, 0) is 17.8 Å².